The van der Waals surface area contributed by atoms with Crippen LogP contribution in [-0.2, 0) is 11.3 Å². The summed E-state index contributed by atoms with van der Waals surface area (Å²) in [5, 5.41) is 1.16. The number of rotatable bonds is 6. The fraction of sp³-hybridized carbons (Fsp3) is 0.185. The van der Waals surface area contributed by atoms with Crippen LogP contribution in [0.15, 0.2) is 83.9 Å². The van der Waals surface area contributed by atoms with Gasteiger partial charge in [-0.05, 0) is 47.9 Å². The summed E-state index contributed by atoms with van der Waals surface area (Å²) < 4.78 is 2.52. The summed E-state index contributed by atoms with van der Waals surface area (Å²) in [5.41, 5.74) is 3.32. The first-order chi connectivity index (χ1) is 16.5. The number of para-hydroxylation sites is 2. The quantitative estimate of drug-likeness (QED) is 0.312. The highest BCUT2D eigenvalue weighted by atomic mass is 32.1. The van der Waals surface area contributed by atoms with Crippen molar-refractivity contribution in [2.75, 3.05) is 4.90 Å². The zero-order valence-electron chi connectivity index (χ0n) is 19.0. The highest BCUT2D eigenvalue weighted by Crippen LogP contribution is 2.34. The zero-order valence-corrected chi connectivity index (χ0v) is 19.8. The van der Waals surface area contributed by atoms with Crippen molar-refractivity contribution < 1.29 is 4.79 Å². The SMILES string of the molecule is CC(C)c1ccc(N(C(=O)CCn2cnc3ccccc3c2=O)c2nc3ccccc3s2)cc1. The molecule has 0 fully saturated rings. The average molecular weight is 469 g/mol. The van der Waals surface area contributed by atoms with Gasteiger partial charge in [-0.1, -0.05) is 61.6 Å². The lowest BCUT2D eigenvalue weighted by atomic mass is 10.0. The van der Waals surface area contributed by atoms with Crippen molar-refractivity contribution in [1.29, 1.82) is 0 Å². The molecule has 1 amide bonds. The number of fused-ring (bicyclic) bond motifs is 2. The smallest absolute Gasteiger partial charge is 0.261 e. The number of hydrogen-bond acceptors (Lipinski definition) is 5. The molecule has 0 aliphatic carbocycles. The Kier molecular flexibility index (Phi) is 5.94. The Hall–Kier alpha value is -3.84. The lowest BCUT2D eigenvalue weighted by Gasteiger charge is -2.21. The van der Waals surface area contributed by atoms with Gasteiger partial charge >= 0.3 is 0 Å². The molecule has 0 bridgehead atoms. The van der Waals surface area contributed by atoms with E-state index >= 15 is 0 Å². The van der Waals surface area contributed by atoms with Gasteiger partial charge in [-0.25, -0.2) is 9.97 Å². The lowest BCUT2D eigenvalue weighted by Crippen LogP contribution is -2.29. The van der Waals surface area contributed by atoms with Crippen LogP contribution in [0.25, 0.3) is 21.1 Å². The number of carbonyl (C=O) groups excluding carboxylic acids is 1. The van der Waals surface area contributed by atoms with Crippen LogP contribution in [0.3, 0.4) is 0 Å². The molecule has 0 aliphatic rings. The highest BCUT2D eigenvalue weighted by Gasteiger charge is 2.22. The summed E-state index contributed by atoms with van der Waals surface area (Å²) in [7, 11) is 0. The van der Waals surface area contributed by atoms with Crippen molar-refractivity contribution in [1.82, 2.24) is 14.5 Å². The molecule has 0 aliphatic heterocycles. The van der Waals surface area contributed by atoms with E-state index in [4.69, 9.17) is 4.98 Å². The number of benzene rings is 3. The van der Waals surface area contributed by atoms with E-state index in [9.17, 15) is 9.59 Å². The second kappa shape index (κ2) is 9.19. The fourth-order valence-electron chi connectivity index (χ4n) is 3.92. The Morgan fingerprint density at radius 2 is 1.68 bits per heavy atom. The molecule has 5 rings (SSSR count). The number of carbonyl (C=O) groups is 1. The molecular weight excluding hydrogens is 444 g/mol. The number of amides is 1. The van der Waals surface area contributed by atoms with Crippen LogP contribution in [0.4, 0.5) is 10.8 Å². The molecule has 2 aromatic heterocycles. The minimum atomic E-state index is -0.147. The predicted octanol–water partition coefficient (Wildman–Crippen LogP) is 5.88. The molecule has 0 spiro atoms. The van der Waals surface area contributed by atoms with Crippen LogP contribution < -0.4 is 10.5 Å². The third kappa shape index (κ3) is 4.22. The van der Waals surface area contributed by atoms with Gasteiger partial charge in [0.2, 0.25) is 5.91 Å². The van der Waals surface area contributed by atoms with Gasteiger partial charge in [0.1, 0.15) is 0 Å². The Morgan fingerprint density at radius 3 is 2.41 bits per heavy atom. The number of nitrogens with zero attached hydrogens (tertiary/aromatic N) is 4. The Bertz CT molecular complexity index is 1500. The van der Waals surface area contributed by atoms with Crippen LogP contribution in [0.5, 0.6) is 0 Å². The summed E-state index contributed by atoms with van der Waals surface area (Å²) in [6, 6.07) is 23.1. The number of anilines is 2. The summed E-state index contributed by atoms with van der Waals surface area (Å²) >= 11 is 1.48. The average Bonchev–Trinajstić information content (AvgIpc) is 3.28. The minimum absolute atomic E-state index is 0.128. The van der Waals surface area contributed by atoms with E-state index in [1.807, 2.05) is 66.7 Å². The zero-order chi connectivity index (χ0) is 23.7. The third-order valence-electron chi connectivity index (χ3n) is 5.84. The van der Waals surface area contributed by atoms with Gasteiger partial charge < -0.3 is 0 Å². The first-order valence-electron chi connectivity index (χ1n) is 11.2. The number of aryl methyl sites for hydroxylation is 1. The predicted molar refractivity (Wildman–Crippen MR) is 138 cm³/mol. The molecule has 6 nitrogen and oxygen atoms in total. The van der Waals surface area contributed by atoms with Crippen molar-refractivity contribution >= 4 is 49.2 Å². The molecule has 0 N–H and O–H groups in total. The molecule has 7 heteroatoms. The molecule has 0 saturated carbocycles. The van der Waals surface area contributed by atoms with Gasteiger partial charge in [-0.2, -0.15) is 0 Å². The maximum Gasteiger partial charge on any atom is 0.261 e. The van der Waals surface area contributed by atoms with Crippen LogP contribution in [0.1, 0.15) is 31.7 Å². The van der Waals surface area contributed by atoms with Crippen LogP contribution in [-0.4, -0.2) is 20.4 Å². The van der Waals surface area contributed by atoms with Gasteiger partial charge in [-0.15, -0.1) is 0 Å². The first-order valence-corrected chi connectivity index (χ1v) is 12.1. The van der Waals surface area contributed by atoms with Crippen molar-refractivity contribution in [3.05, 3.63) is 95.0 Å². The highest BCUT2D eigenvalue weighted by molar-refractivity contribution is 7.22. The Morgan fingerprint density at radius 1 is 0.971 bits per heavy atom. The molecule has 0 saturated heterocycles. The molecule has 0 unspecified atom stereocenters. The first kappa shape index (κ1) is 22.0. The molecule has 0 atom stereocenters. The van der Waals surface area contributed by atoms with Gasteiger partial charge in [0.25, 0.3) is 5.56 Å². The normalized spacial score (nSPS) is 11.4. The maximum atomic E-state index is 13.5. The van der Waals surface area contributed by atoms with Gasteiger partial charge in [-0.3, -0.25) is 19.1 Å². The molecule has 5 aromatic rings. The van der Waals surface area contributed by atoms with Gasteiger partial charge in [0, 0.05) is 13.0 Å². The van der Waals surface area contributed by atoms with Crippen LogP contribution in [0.2, 0.25) is 0 Å². The molecule has 2 heterocycles. The second-order valence-electron chi connectivity index (χ2n) is 8.45. The van der Waals surface area contributed by atoms with E-state index in [-0.39, 0.29) is 24.4 Å². The summed E-state index contributed by atoms with van der Waals surface area (Å²) in [6.07, 6.45) is 1.65. The maximum absolute atomic E-state index is 13.5. The van der Waals surface area contributed by atoms with Gasteiger partial charge in [0.15, 0.2) is 5.13 Å². The monoisotopic (exact) mass is 468 g/mol. The largest absolute Gasteiger partial charge is 0.298 e. The van der Waals surface area contributed by atoms with E-state index in [0.29, 0.717) is 22.0 Å². The molecule has 170 valence electrons. The second-order valence-corrected chi connectivity index (χ2v) is 9.46. The summed E-state index contributed by atoms with van der Waals surface area (Å²) in [6.45, 7) is 4.52. The molecule has 34 heavy (non-hydrogen) atoms. The van der Waals surface area contributed by atoms with E-state index in [0.717, 1.165) is 15.9 Å². The van der Waals surface area contributed by atoms with Crippen molar-refractivity contribution in [2.24, 2.45) is 0 Å². The summed E-state index contributed by atoms with van der Waals surface area (Å²) in [5.74, 6) is 0.268. The Balaban J connectivity index is 1.47. The fourth-order valence-corrected chi connectivity index (χ4v) is 4.92. The number of thiazole rings is 1. The van der Waals surface area contributed by atoms with Crippen LogP contribution >= 0.6 is 11.3 Å². The van der Waals surface area contributed by atoms with Gasteiger partial charge in [0.05, 0.1) is 33.1 Å². The molecule has 3 aromatic carbocycles. The summed E-state index contributed by atoms with van der Waals surface area (Å²) in [4.78, 5) is 37.2. The van der Waals surface area contributed by atoms with Crippen molar-refractivity contribution in [2.45, 2.75) is 32.7 Å². The van der Waals surface area contributed by atoms with Crippen molar-refractivity contribution in [3.63, 3.8) is 0 Å². The minimum Gasteiger partial charge on any atom is -0.298 e. The van der Waals surface area contributed by atoms with E-state index in [2.05, 4.69) is 18.8 Å². The lowest BCUT2D eigenvalue weighted by molar-refractivity contribution is -0.118. The van der Waals surface area contributed by atoms with E-state index in [1.165, 1.54) is 27.8 Å². The third-order valence-corrected chi connectivity index (χ3v) is 6.86. The number of aromatic nitrogens is 3. The molecular formula is C27H24N4O2S. The molecule has 0 radical (unpaired) electrons. The van der Waals surface area contributed by atoms with Crippen LogP contribution in [0, 0.1) is 0 Å². The van der Waals surface area contributed by atoms with E-state index in [1.54, 1.807) is 11.0 Å². The van der Waals surface area contributed by atoms with Crippen molar-refractivity contribution in [3.8, 4) is 0 Å². The Labute approximate surface area is 201 Å². The van der Waals surface area contributed by atoms with E-state index < -0.39 is 0 Å². The standard InChI is InChI=1S/C27H24N4O2S/c1-18(2)19-11-13-20(14-12-19)31(27-29-23-9-5-6-10-24(23)34-27)25(32)15-16-30-17-28-22-8-4-3-7-21(22)26(30)33/h3-14,17-18H,15-16H2,1-2H3. The topological polar surface area (TPSA) is 68.1 Å². The number of hydrogen-bond donors (Lipinski definition) is 0.